The smallest absolute Gasteiger partial charge is 0.243 e. The molecule has 1 fully saturated rings. The molecule has 1 aromatic carbocycles. The van der Waals surface area contributed by atoms with Gasteiger partial charge < -0.3 is 9.55 Å². The van der Waals surface area contributed by atoms with Crippen molar-refractivity contribution in [1.29, 1.82) is 0 Å². The summed E-state index contributed by atoms with van der Waals surface area (Å²) in [4.78, 5) is 12.3. The van der Waals surface area contributed by atoms with Gasteiger partial charge in [0.15, 0.2) is 0 Å². The van der Waals surface area contributed by atoms with Gasteiger partial charge in [0.25, 0.3) is 0 Å². The number of nitrogens with one attached hydrogen (secondary N) is 1. The van der Waals surface area contributed by atoms with Gasteiger partial charge in [-0.05, 0) is 24.6 Å². The standard InChI is InChI=1S/C18H17N5O2S/c24-26(25,14-4-2-1-3-5-14)22-9-7-13(11-22)23-12-21-16-10-20-18-15(17(16)23)6-8-19-18/h1-6,8,10,12-13H,7,9,11H2,(H,19,20). The summed E-state index contributed by atoms with van der Waals surface area (Å²) in [7, 11) is -3.47. The van der Waals surface area contributed by atoms with Crippen molar-refractivity contribution in [1.82, 2.24) is 23.8 Å². The van der Waals surface area contributed by atoms with Crippen LogP contribution in [0.5, 0.6) is 0 Å². The zero-order valence-corrected chi connectivity index (χ0v) is 14.7. The number of H-pyrrole nitrogens is 1. The van der Waals surface area contributed by atoms with E-state index in [-0.39, 0.29) is 6.04 Å². The molecule has 1 N–H and O–H groups in total. The second-order valence-electron chi connectivity index (χ2n) is 6.50. The van der Waals surface area contributed by atoms with Crippen molar-refractivity contribution in [3.63, 3.8) is 0 Å². The molecule has 4 aromatic rings. The van der Waals surface area contributed by atoms with Crippen molar-refractivity contribution in [3.05, 3.63) is 55.1 Å². The van der Waals surface area contributed by atoms with Crippen LogP contribution in [0.15, 0.2) is 60.0 Å². The van der Waals surface area contributed by atoms with Crippen LogP contribution in [0.3, 0.4) is 0 Å². The Morgan fingerprint density at radius 2 is 1.96 bits per heavy atom. The average Bonchev–Trinajstić information content (AvgIpc) is 3.39. The Bertz CT molecular complexity index is 1200. The highest BCUT2D eigenvalue weighted by Gasteiger charge is 2.34. The molecule has 1 aliphatic rings. The lowest BCUT2D eigenvalue weighted by atomic mass is 10.2. The van der Waals surface area contributed by atoms with E-state index in [0.29, 0.717) is 18.0 Å². The Kier molecular flexibility index (Phi) is 3.38. The summed E-state index contributed by atoms with van der Waals surface area (Å²) in [6, 6.07) is 10.6. The molecule has 3 aromatic heterocycles. The van der Waals surface area contributed by atoms with Crippen LogP contribution in [0, 0.1) is 0 Å². The lowest BCUT2D eigenvalue weighted by Gasteiger charge is -2.17. The van der Waals surface area contributed by atoms with E-state index < -0.39 is 10.0 Å². The zero-order chi connectivity index (χ0) is 17.7. The van der Waals surface area contributed by atoms with Gasteiger partial charge >= 0.3 is 0 Å². The third kappa shape index (κ3) is 2.26. The van der Waals surface area contributed by atoms with Crippen LogP contribution in [0.25, 0.3) is 22.1 Å². The molecule has 8 heteroatoms. The second kappa shape index (κ2) is 5.65. The van der Waals surface area contributed by atoms with Gasteiger partial charge in [-0.1, -0.05) is 18.2 Å². The number of pyridine rings is 1. The third-order valence-corrected chi connectivity index (χ3v) is 6.90. The van der Waals surface area contributed by atoms with Gasteiger partial charge in [0, 0.05) is 24.7 Å². The minimum Gasteiger partial charge on any atom is -0.346 e. The summed E-state index contributed by atoms with van der Waals surface area (Å²) < 4.78 is 29.4. The number of imidazole rings is 1. The maximum atomic E-state index is 12.9. The molecule has 1 aliphatic heterocycles. The largest absolute Gasteiger partial charge is 0.346 e. The van der Waals surface area contributed by atoms with Crippen molar-refractivity contribution in [2.24, 2.45) is 0 Å². The van der Waals surface area contributed by atoms with E-state index in [1.54, 1.807) is 41.1 Å². The molecule has 0 spiro atoms. The van der Waals surface area contributed by atoms with Crippen molar-refractivity contribution >= 4 is 32.1 Å². The topological polar surface area (TPSA) is 83.9 Å². The quantitative estimate of drug-likeness (QED) is 0.603. The highest BCUT2D eigenvalue weighted by atomic mass is 32.2. The number of aromatic nitrogens is 4. The lowest BCUT2D eigenvalue weighted by molar-refractivity contribution is 0.455. The first-order valence-corrected chi connectivity index (χ1v) is 9.92. The SMILES string of the molecule is O=S(=O)(c1ccccc1)N1CCC(n2cnc3cnc4[nH]ccc4c32)C1. The molecule has 1 atom stereocenters. The molecule has 132 valence electrons. The van der Waals surface area contributed by atoms with E-state index in [0.717, 1.165) is 28.5 Å². The van der Waals surface area contributed by atoms with Crippen LogP contribution >= 0.6 is 0 Å². The summed E-state index contributed by atoms with van der Waals surface area (Å²) in [5, 5.41) is 1.00. The zero-order valence-electron chi connectivity index (χ0n) is 13.9. The number of hydrogen-bond acceptors (Lipinski definition) is 4. The van der Waals surface area contributed by atoms with Crippen molar-refractivity contribution < 1.29 is 8.42 Å². The summed E-state index contributed by atoms with van der Waals surface area (Å²) in [5.41, 5.74) is 2.63. The van der Waals surface area contributed by atoms with Crippen LogP contribution in [0.1, 0.15) is 12.5 Å². The summed E-state index contributed by atoms with van der Waals surface area (Å²) in [5.74, 6) is 0. The minimum atomic E-state index is -3.47. The molecular formula is C18H17N5O2S. The Hall–Kier alpha value is -2.71. The molecule has 4 heterocycles. The first-order chi connectivity index (χ1) is 12.6. The van der Waals surface area contributed by atoms with Gasteiger partial charge in [-0.25, -0.2) is 18.4 Å². The van der Waals surface area contributed by atoms with Crippen LogP contribution < -0.4 is 0 Å². The normalized spacial score (nSPS) is 18.8. The number of benzene rings is 1. The number of fused-ring (bicyclic) bond motifs is 3. The van der Waals surface area contributed by atoms with Crippen molar-refractivity contribution in [2.45, 2.75) is 17.4 Å². The summed E-state index contributed by atoms with van der Waals surface area (Å²) >= 11 is 0. The van der Waals surface area contributed by atoms with Gasteiger partial charge in [0.1, 0.15) is 11.2 Å². The number of nitrogens with zero attached hydrogens (tertiary/aromatic N) is 4. The van der Waals surface area contributed by atoms with Gasteiger partial charge in [-0.3, -0.25) is 0 Å². The molecule has 1 saturated heterocycles. The highest BCUT2D eigenvalue weighted by molar-refractivity contribution is 7.89. The van der Waals surface area contributed by atoms with Gasteiger partial charge in [0.2, 0.25) is 10.0 Å². The molecule has 0 aliphatic carbocycles. The molecule has 0 radical (unpaired) electrons. The van der Waals surface area contributed by atoms with Crippen molar-refractivity contribution in [2.75, 3.05) is 13.1 Å². The van der Waals surface area contributed by atoms with Gasteiger partial charge in [0.05, 0.1) is 29.0 Å². The minimum absolute atomic E-state index is 0.0546. The Balaban J connectivity index is 1.52. The fraction of sp³-hybridized carbons (Fsp3) is 0.222. The first kappa shape index (κ1) is 15.5. The maximum absolute atomic E-state index is 12.9. The first-order valence-electron chi connectivity index (χ1n) is 8.48. The molecule has 0 bridgehead atoms. The molecule has 7 nitrogen and oxygen atoms in total. The molecule has 0 saturated carbocycles. The van der Waals surface area contributed by atoms with E-state index in [2.05, 4.69) is 19.5 Å². The number of aromatic amines is 1. The monoisotopic (exact) mass is 367 g/mol. The fourth-order valence-corrected chi connectivity index (χ4v) is 5.22. The van der Waals surface area contributed by atoms with E-state index >= 15 is 0 Å². The molecule has 0 amide bonds. The Labute approximate surface area is 150 Å². The lowest BCUT2D eigenvalue weighted by Crippen LogP contribution is -2.29. The number of sulfonamides is 1. The van der Waals surface area contributed by atoms with Crippen LogP contribution in [0.4, 0.5) is 0 Å². The van der Waals surface area contributed by atoms with E-state index in [9.17, 15) is 8.42 Å². The Morgan fingerprint density at radius 3 is 2.81 bits per heavy atom. The molecule has 1 unspecified atom stereocenters. The van der Waals surface area contributed by atoms with Crippen LogP contribution in [-0.2, 0) is 10.0 Å². The van der Waals surface area contributed by atoms with Gasteiger partial charge in [-0.2, -0.15) is 4.31 Å². The molecular weight excluding hydrogens is 350 g/mol. The fourth-order valence-electron chi connectivity index (χ4n) is 3.71. The van der Waals surface area contributed by atoms with E-state index in [1.165, 1.54) is 0 Å². The second-order valence-corrected chi connectivity index (χ2v) is 8.44. The van der Waals surface area contributed by atoms with Crippen LogP contribution in [-0.4, -0.2) is 45.3 Å². The van der Waals surface area contributed by atoms with E-state index in [4.69, 9.17) is 0 Å². The maximum Gasteiger partial charge on any atom is 0.243 e. The average molecular weight is 367 g/mol. The molecule has 5 rings (SSSR count). The Morgan fingerprint density at radius 1 is 1.12 bits per heavy atom. The van der Waals surface area contributed by atoms with Crippen LogP contribution in [0.2, 0.25) is 0 Å². The summed E-state index contributed by atoms with van der Waals surface area (Å²) in [6.07, 6.45) is 6.15. The van der Waals surface area contributed by atoms with Crippen molar-refractivity contribution in [3.8, 4) is 0 Å². The van der Waals surface area contributed by atoms with Gasteiger partial charge in [-0.15, -0.1) is 0 Å². The predicted molar refractivity (Wildman–Crippen MR) is 98.2 cm³/mol. The highest BCUT2D eigenvalue weighted by Crippen LogP contribution is 2.31. The summed E-state index contributed by atoms with van der Waals surface area (Å²) in [6.45, 7) is 0.944. The number of hydrogen-bond donors (Lipinski definition) is 1. The number of rotatable bonds is 3. The molecule has 26 heavy (non-hydrogen) atoms. The van der Waals surface area contributed by atoms with E-state index in [1.807, 2.05) is 18.3 Å². The predicted octanol–water partition coefficient (Wildman–Crippen LogP) is 2.55. The third-order valence-electron chi connectivity index (χ3n) is 5.02.